The number of aryl methyl sites for hydroxylation is 2. The van der Waals surface area contributed by atoms with Gasteiger partial charge in [-0.15, -0.1) is 0 Å². The van der Waals surface area contributed by atoms with Crippen molar-refractivity contribution in [3.05, 3.63) is 70.8 Å². The minimum absolute atomic E-state index is 0.499. The summed E-state index contributed by atoms with van der Waals surface area (Å²) in [4.78, 5) is 0. The van der Waals surface area contributed by atoms with Gasteiger partial charge in [0.1, 0.15) is 0 Å². The fraction of sp³-hybridized carbons (Fsp3) is 0.333. The average molecular weight is 236 g/mol. The maximum atomic E-state index is 2.44. The van der Waals surface area contributed by atoms with Gasteiger partial charge in [-0.2, -0.15) is 0 Å². The van der Waals surface area contributed by atoms with E-state index in [-0.39, 0.29) is 0 Å². The van der Waals surface area contributed by atoms with E-state index < -0.39 is 0 Å². The summed E-state index contributed by atoms with van der Waals surface area (Å²) < 4.78 is 0. The smallest absolute Gasteiger partial charge is 0.00611 e. The van der Waals surface area contributed by atoms with E-state index in [1.807, 2.05) is 0 Å². The van der Waals surface area contributed by atoms with Gasteiger partial charge in [-0.25, -0.2) is 0 Å². The second-order valence-corrected chi connectivity index (χ2v) is 5.37. The Bertz CT molecular complexity index is 525. The molecular weight excluding hydrogens is 216 g/mol. The summed E-state index contributed by atoms with van der Waals surface area (Å²) in [5, 5.41) is 0. The molecule has 3 rings (SSSR count). The van der Waals surface area contributed by atoms with Crippen LogP contribution in [0.3, 0.4) is 0 Å². The van der Waals surface area contributed by atoms with Crippen molar-refractivity contribution in [1.29, 1.82) is 0 Å². The Labute approximate surface area is 110 Å². The van der Waals surface area contributed by atoms with Gasteiger partial charge >= 0.3 is 0 Å². The highest BCUT2D eigenvalue weighted by atomic mass is 14.2. The standard InChI is InChI=1S/C18H20/c1-14(15-7-3-2-4-8-15)17-12-11-16-9-5-6-10-18(16)13-17/h2-4,7-8,11-14H,5-6,9-10H2,1H3. The van der Waals surface area contributed by atoms with Crippen LogP contribution in [0.15, 0.2) is 48.5 Å². The second kappa shape index (κ2) is 4.97. The van der Waals surface area contributed by atoms with Gasteiger partial charge in [0.2, 0.25) is 0 Å². The summed E-state index contributed by atoms with van der Waals surface area (Å²) >= 11 is 0. The van der Waals surface area contributed by atoms with E-state index in [9.17, 15) is 0 Å². The monoisotopic (exact) mass is 236 g/mol. The summed E-state index contributed by atoms with van der Waals surface area (Å²) in [6, 6.07) is 17.9. The van der Waals surface area contributed by atoms with Crippen LogP contribution < -0.4 is 0 Å². The molecule has 0 amide bonds. The highest BCUT2D eigenvalue weighted by Crippen LogP contribution is 2.28. The molecule has 0 aliphatic heterocycles. The topological polar surface area (TPSA) is 0 Å². The Morgan fingerprint density at radius 1 is 0.778 bits per heavy atom. The molecule has 0 fully saturated rings. The van der Waals surface area contributed by atoms with Crippen LogP contribution in [0.4, 0.5) is 0 Å². The van der Waals surface area contributed by atoms with Gasteiger partial charge in [-0.3, -0.25) is 0 Å². The normalized spacial score (nSPS) is 16.1. The molecule has 1 aliphatic rings. The fourth-order valence-corrected chi connectivity index (χ4v) is 2.96. The Kier molecular flexibility index (Phi) is 3.19. The lowest BCUT2D eigenvalue weighted by Gasteiger charge is -2.19. The Hall–Kier alpha value is -1.56. The van der Waals surface area contributed by atoms with Gasteiger partial charge in [0.15, 0.2) is 0 Å². The van der Waals surface area contributed by atoms with E-state index in [4.69, 9.17) is 0 Å². The third-order valence-electron chi connectivity index (χ3n) is 4.17. The van der Waals surface area contributed by atoms with Crippen LogP contribution in [0.25, 0.3) is 0 Å². The first kappa shape index (κ1) is 11.5. The summed E-state index contributed by atoms with van der Waals surface area (Å²) in [7, 11) is 0. The van der Waals surface area contributed by atoms with Crippen LogP contribution in [-0.4, -0.2) is 0 Å². The Morgan fingerprint density at radius 2 is 1.50 bits per heavy atom. The van der Waals surface area contributed by atoms with Crippen molar-refractivity contribution >= 4 is 0 Å². The van der Waals surface area contributed by atoms with Crippen LogP contribution in [-0.2, 0) is 12.8 Å². The van der Waals surface area contributed by atoms with Crippen molar-refractivity contribution in [2.45, 2.75) is 38.5 Å². The lowest BCUT2D eigenvalue weighted by Crippen LogP contribution is -2.04. The van der Waals surface area contributed by atoms with Crippen molar-refractivity contribution in [1.82, 2.24) is 0 Å². The van der Waals surface area contributed by atoms with E-state index >= 15 is 0 Å². The van der Waals surface area contributed by atoms with Gasteiger partial charge < -0.3 is 0 Å². The molecule has 0 radical (unpaired) electrons. The molecule has 1 aliphatic carbocycles. The summed E-state index contributed by atoms with van der Waals surface area (Å²) in [6.07, 6.45) is 5.26. The number of hydrogen-bond donors (Lipinski definition) is 0. The molecule has 0 aromatic heterocycles. The summed E-state index contributed by atoms with van der Waals surface area (Å²) in [5.41, 5.74) is 6.03. The number of rotatable bonds is 2. The maximum Gasteiger partial charge on any atom is 0.00611 e. The first-order valence-electron chi connectivity index (χ1n) is 7.01. The zero-order chi connectivity index (χ0) is 12.4. The molecule has 2 aromatic carbocycles. The van der Waals surface area contributed by atoms with Crippen molar-refractivity contribution < 1.29 is 0 Å². The predicted molar refractivity (Wildman–Crippen MR) is 77.0 cm³/mol. The van der Waals surface area contributed by atoms with Crippen molar-refractivity contribution in [2.75, 3.05) is 0 Å². The van der Waals surface area contributed by atoms with Crippen molar-refractivity contribution in [2.24, 2.45) is 0 Å². The molecule has 0 nitrogen and oxygen atoms in total. The Morgan fingerprint density at radius 3 is 2.28 bits per heavy atom. The van der Waals surface area contributed by atoms with Crippen LogP contribution in [0, 0.1) is 0 Å². The van der Waals surface area contributed by atoms with E-state index in [0.29, 0.717) is 5.92 Å². The molecule has 0 saturated heterocycles. The molecule has 1 atom stereocenters. The van der Waals surface area contributed by atoms with Gasteiger partial charge in [0, 0.05) is 5.92 Å². The quantitative estimate of drug-likeness (QED) is 0.708. The highest BCUT2D eigenvalue weighted by Gasteiger charge is 2.13. The first-order chi connectivity index (χ1) is 8.84. The molecular formula is C18H20. The van der Waals surface area contributed by atoms with E-state index in [1.54, 1.807) is 11.1 Å². The number of hydrogen-bond acceptors (Lipinski definition) is 0. The van der Waals surface area contributed by atoms with Gasteiger partial charge in [-0.1, -0.05) is 55.5 Å². The van der Waals surface area contributed by atoms with Crippen LogP contribution >= 0.6 is 0 Å². The number of fused-ring (bicyclic) bond motifs is 1. The molecule has 0 N–H and O–H groups in total. The zero-order valence-electron chi connectivity index (χ0n) is 11.0. The van der Waals surface area contributed by atoms with E-state index in [0.717, 1.165) is 0 Å². The molecule has 0 saturated carbocycles. The van der Waals surface area contributed by atoms with Gasteiger partial charge in [-0.05, 0) is 47.9 Å². The number of benzene rings is 2. The van der Waals surface area contributed by atoms with Gasteiger partial charge in [0.25, 0.3) is 0 Å². The minimum atomic E-state index is 0.499. The molecule has 0 heteroatoms. The van der Waals surface area contributed by atoms with Gasteiger partial charge in [0.05, 0.1) is 0 Å². The molecule has 92 valence electrons. The highest BCUT2D eigenvalue weighted by molar-refractivity contribution is 5.39. The molecule has 18 heavy (non-hydrogen) atoms. The van der Waals surface area contributed by atoms with Crippen molar-refractivity contribution in [3.63, 3.8) is 0 Å². The largest absolute Gasteiger partial charge is 0.0622 e. The van der Waals surface area contributed by atoms with Crippen LogP contribution in [0.2, 0.25) is 0 Å². The minimum Gasteiger partial charge on any atom is -0.0622 e. The fourth-order valence-electron chi connectivity index (χ4n) is 2.96. The lowest BCUT2D eigenvalue weighted by atomic mass is 9.86. The Balaban J connectivity index is 1.93. The molecule has 0 heterocycles. The average Bonchev–Trinajstić information content (AvgIpc) is 2.47. The third-order valence-corrected chi connectivity index (χ3v) is 4.17. The first-order valence-corrected chi connectivity index (χ1v) is 7.01. The van der Waals surface area contributed by atoms with Crippen molar-refractivity contribution in [3.8, 4) is 0 Å². The third kappa shape index (κ3) is 2.20. The molecule has 0 bridgehead atoms. The predicted octanol–water partition coefficient (Wildman–Crippen LogP) is 4.72. The molecule has 0 spiro atoms. The maximum absolute atomic E-state index is 2.44. The summed E-state index contributed by atoms with van der Waals surface area (Å²) in [6.45, 7) is 2.31. The summed E-state index contributed by atoms with van der Waals surface area (Å²) in [5.74, 6) is 0.499. The lowest BCUT2D eigenvalue weighted by molar-refractivity contribution is 0.683. The van der Waals surface area contributed by atoms with Crippen LogP contribution in [0.5, 0.6) is 0 Å². The SMILES string of the molecule is CC(c1ccccc1)c1ccc2c(c1)CCCC2. The van der Waals surface area contributed by atoms with E-state index in [2.05, 4.69) is 55.5 Å². The zero-order valence-corrected chi connectivity index (χ0v) is 11.0. The molecule has 2 aromatic rings. The van der Waals surface area contributed by atoms with Crippen LogP contribution in [0.1, 0.15) is 47.9 Å². The van der Waals surface area contributed by atoms with E-state index in [1.165, 1.54) is 36.8 Å². The second-order valence-electron chi connectivity index (χ2n) is 5.37. The molecule has 1 unspecified atom stereocenters.